The lowest BCUT2D eigenvalue weighted by molar-refractivity contribution is 0.0940. The summed E-state index contributed by atoms with van der Waals surface area (Å²) in [6, 6.07) is 17.9. The van der Waals surface area contributed by atoms with Gasteiger partial charge in [-0.3, -0.25) is 9.48 Å². The van der Waals surface area contributed by atoms with Crippen molar-refractivity contribution in [2.45, 2.75) is 19.0 Å². The highest BCUT2D eigenvalue weighted by atomic mass is 35.5. The Hall–Kier alpha value is -2.83. The number of ether oxygens (including phenoxy) is 1. The number of hydrogen-bond donors (Lipinski definition) is 2. The van der Waals surface area contributed by atoms with E-state index >= 15 is 0 Å². The van der Waals surface area contributed by atoms with E-state index in [4.69, 9.17) is 9.84 Å². The SMILES string of the molecule is COc1cccc(-c2nn(Cc3ccccc3)cc2C(=O)NC2CCNC2)c1.Cl. The van der Waals surface area contributed by atoms with Gasteiger partial charge in [-0.15, -0.1) is 12.4 Å². The first-order valence-corrected chi connectivity index (χ1v) is 9.50. The quantitative estimate of drug-likeness (QED) is 0.652. The molecule has 29 heavy (non-hydrogen) atoms. The van der Waals surface area contributed by atoms with Crippen LogP contribution >= 0.6 is 12.4 Å². The molecule has 1 fully saturated rings. The van der Waals surface area contributed by atoms with E-state index in [1.165, 1.54) is 0 Å². The molecule has 0 saturated carbocycles. The minimum atomic E-state index is -0.0918. The smallest absolute Gasteiger partial charge is 0.255 e. The van der Waals surface area contributed by atoms with Gasteiger partial charge in [-0.05, 0) is 30.7 Å². The van der Waals surface area contributed by atoms with Gasteiger partial charge in [0.25, 0.3) is 5.91 Å². The van der Waals surface area contributed by atoms with E-state index < -0.39 is 0 Å². The number of aromatic nitrogens is 2. The van der Waals surface area contributed by atoms with Crippen molar-refractivity contribution in [2.75, 3.05) is 20.2 Å². The lowest BCUT2D eigenvalue weighted by Crippen LogP contribution is -2.36. The van der Waals surface area contributed by atoms with E-state index in [1.807, 2.05) is 53.3 Å². The van der Waals surface area contributed by atoms with E-state index in [1.54, 1.807) is 7.11 Å². The van der Waals surface area contributed by atoms with Gasteiger partial charge in [0.05, 0.1) is 19.2 Å². The van der Waals surface area contributed by atoms with Crippen molar-refractivity contribution in [2.24, 2.45) is 0 Å². The maximum absolute atomic E-state index is 13.0. The molecule has 0 spiro atoms. The van der Waals surface area contributed by atoms with Gasteiger partial charge in [0, 0.05) is 24.3 Å². The van der Waals surface area contributed by atoms with Crippen LogP contribution in [0.1, 0.15) is 22.3 Å². The number of nitrogens with one attached hydrogen (secondary N) is 2. The summed E-state index contributed by atoms with van der Waals surface area (Å²) in [5, 5.41) is 11.1. The predicted molar refractivity (Wildman–Crippen MR) is 116 cm³/mol. The zero-order chi connectivity index (χ0) is 19.3. The van der Waals surface area contributed by atoms with Crippen molar-refractivity contribution < 1.29 is 9.53 Å². The highest BCUT2D eigenvalue weighted by Gasteiger charge is 2.22. The van der Waals surface area contributed by atoms with Crippen LogP contribution in [-0.4, -0.2) is 41.9 Å². The molecule has 2 N–H and O–H groups in total. The molecule has 1 aromatic heterocycles. The minimum Gasteiger partial charge on any atom is -0.497 e. The van der Waals surface area contributed by atoms with E-state index in [0.29, 0.717) is 17.8 Å². The number of carbonyl (C=O) groups is 1. The second-order valence-electron chi connectivity index (χ2n) is 6.97. The number of nitrogens with zero attached hydrogens (tertiary/aromatic N) is 2. The first-order chi connectivity index (χ1) is 13.7. The van der Waals surface area contributed by atoms with Gasteiger partial charge in [-0.1, -0.05) is 42.5 Å². The van der Waals surface area contributed by atoms with Crippen LogP contribution in [0.5, 0.6) is 5.75 Å². The Morgan fingerprint density at radius 3 is 2.79 bits per heavy atom. The van der Waals surface area contributed by atoms with Crippen LogP contribution in [0.25, 0.3) is 11.3 Å². The molecule has 0 aliphatic carbocycles. The number of benzene rings is 2. The lowest BCUT2D eigenvalue weighted by atomic mass is 10.1. The number of halogens is 1. The summed E-state index contributed by atoms with van der Waals surface area (Å²) in [6.07, 6.45) is 2.78. The minimum absolute atomic E-state index is 0. The molecule has 6 nitrogen and oxygen atoms in total. The third kappa shape index (κ3) is 4.96. The molecule has 3 aromatic rings. The maximum Gasteiger partial charge on any atom is 0.255 e. The van der Waals surface area contributed by atoms with Gasteiger partial charge in [0.2, 0.25) is 0 Å². The van der Waals surface area contributed by atoms with E-state index in [-0.39, 0.29) is 24.4 Å². The van der Waals surface area contributed by atoms with Gasteiger partial charge in [-0.25, -0.2) is 0 Å². The number of carbonyl (C=O) groups excluding carboxylic acids is 1. The molecule has 2 aromatic carbocycles. The Morgan fingerprint density at radius 2 is 2.07 bits per heavy atom. The van der Waals surface area contributed by atoms with Crippen molar-refractivity contribution in [1.82, 2.24) is 20.4 Å². The molecule has 0 radical (unpaired) electrons. The van der Waals surface area contributed by atoms with Gasteiger partial charge >= 0.3 is 0 Å². The summed E-state index contributed by atoms with van der Waals surface area (Å²) < 4.78 is 7.17. The van der Waals surface area contributed by atoms with Gasteiger partial charge < -0.3 is 15.4 Å². The van der Waals surface area contributed by atoms with Gasteiger partial charge in [0.15, 0.2) is 0 Å². The number of methoxy groups -OCH3 is 1. The fraction of sp³-hybridized carbons (Fsp3) is 0.273. The van der Waals surface area contributed by atoms with Crippen LogP contribution in [0.15, 0.2) is 60.8 Å². The van der Waals surface area contributed by atoms with E-state index in [2.05, 4.69) is 22.8 Å². The molecular formula is C22H25ClN4O2. The Morgan fingerprint density at radius 1 is 1.24 bits per heavy atom. The Labute approximate surface area is 176 Å². The normalized spacial score (nSPS) is 15.6. The van der Waals surface area contributed by atoms with Gasteiger partial charge in [-0.2, -0.15) is 5.10 Å². The molecule has 4 rings (SSSR count). The van der Waals surface area contributed by atoms with Crippen LogP contribution in [0.2, 0.25) is 0 Å². The van der Waals surface area contributed by atoms with Crippen molar-refractivity contribution >= 4 is 18.3 Å². The molecule has 1 unspecified atom stereocenters. The summed E-state index contributed by atoms with van der Waals surface area (Å²) in [7, 11) is 1.63. The lowest BCUT2D eigenvalue weighted by Gasteiger charge is -2.11. The molecule has 7 heteroatoms. The van der Waals surface area contributed by atoms with Crippen molar-refractivity contribution in [3.05, 3.63) is 71.9 Å². The summed E-state index contributed by atoms with van der Waals surface area (Å²) in [4.78, 5) is 13.0. The fourth-order valence-electron chi connectivity index (χ4n) is 3.46. The number of amides is 1. The highest BCUT2D eigenvalue weighted by Crippen LogP contribution is 2.26. The van der Waals surface area contributed by atoms with Crippen LogP contribution in [0, 0.1) is 0 Å². The summed E-state index contributed by atoms with van der Waals surface area (Å²) >= 11 is 0. The van der Waals surface area contributed by atoms with Crippen LogP contribution in [0.4, 0.5) is 0 Å². The Balaban J connectivity index is 0.00000240. The molecule has 1 atom stereocenters. The largest absolute Gasteiger partial charge is 0.497 e. The Bertz CT molecular complexity index is 952. The van der Waals surface area contributed by atoms with Gasteiger partial charge in [0.1, 0.15) is 11.4 Å². The van der Waals surface area contributed by atoms with Crippen LogP contribution in [0.3, 0.4) is 0 Å². The first kappa shape index (κ1) is 20.9. The zero-order valence-electron chi connectivity index (χ0n) is 16.3. The second-order valence-corrected chi connectivity index (χ2v) is 6.97. The molecule has 2 heterocycles. The molecule has 1 amide bonds. The summed E-state index contributed by atoms with van der Waals surface area (Å²) in [6.45, 7) is 2.34. The molecule has 152 valence electrons. The maximum atomic E-state index is 13.0. The Kier molecular flexibility index (Phi) is 6.90. The first-order valence-electron chi connectivity index (χ1n) is 9.50. The molecule has 1 saturated heterocycles. The van der Waals surface area contributed by atoms with Crippen LogP contribution in [-0.2, 0) is 6.54 Å². The number of hydrogen-bond acceptors (Lipinski definition) is 4. The second kappa shape index (κ2) is 9.58. The highest BCUT2D eigenvalue weighted by molar-refractivity contribution is 6.00. The molecule has 1 aliphatic rings. The van der Waals surface area contributed by atoms with Crippen molar-refractivity contribution in [1.29, 1.82) is 0 Å². The van der Waals surface area contributed by atoms with E-state index in [9.17, 15) is 4.79 Å². The topological polar surface area (TPSA) is 68.2 Å². The standard InChI is InChI=1S/C22H24N4O2.ClH/c1-28-19-9-5-8-17(12-19)21-20(22(27)24-18-10-11-23-13-18)15-26(25-21)14-16-6-3-2-4-7-16;/h2-9,12,15,18,23H,10-11,13-14H2,1H3,(H,24,27);1H. The predicted octanol–water partition coefficient (Wildman–Crippen LogP) is 3.12. The average Bonchev–Trinajstić information content (AvgIpc) is 3.39. The third-order valence-corrected chi connectivity index (χ3v) is 4.93. The third-order valence-electron chi connectivity index (χ3n) is 4.93. The zero-order valence-corrected chi connectivity index (χ0v) is 17.1. The summed E-state index contributed by atoms with van der Waals surface area (Å²) in [5.74, 6) is 0.646. The van der Waals surface area contributed by atoms with Crippen molar-refractivity contribution in [3.8, 4) is 17.0 Å². The fourth-order valence-corrected chi connectivity index (χ4v) is 3.46. The van der Waals surface area contributed by atoms with Crippen molar-refractivity contribution in [3.63, 3.8) is 0 Å². The molecule has 0 bridgehead atoms. The van der Waals surface area contributed by atoms with Crippen LogP contribution < -0.4 is 15.4 Å². The number of rotatable bonds is 6. The average molecular weight is 413 g/mol. The monoisotopic (exact) mass is 412 g/mol. The summed E-state index contributed by atoms with van der Waals surface area (Å²) in [5.41, 5.74) is 3.24. The molecule has 1 aliphatic heterocycles. The van der Waals surface area contributed by atoms with E-state index in [0.717, 1.165) is 36.4 Å². The molecular weight excluding hydrogens is 388 g/mol.